The number of nitrogens with one attached hydrogen (secondary N) is 2. The van der Waals surface area contributed by atoms with Crippen molar-refractivity contribution in [3.8, 4) is 0 Å². The normalized spacial score (nSPS) is 10.3. The molecule has 2 aromatic carbocycles. The lowest BCUT2D eigenvalue weighted by Gasteiger charge is -2.09. The van der Waals surface area contributed by atoms with Crippen molar-refractivity contribution in [3.05, 3.63) is 65.7 Å². The van der Waals surface area contributed by atoms with Crippen molar-refractivity contribution in [1.29, 1.82) is 0 Å². The molecule has 110 valence electrons. The topological polar surface area (TPSA) is 41.1 Å². The molecular weight excluding hydrogens is 260 g/mol. The molecule has 3 heteroatoms. The highest BCUT2D eigenvalue weighted by Gasteiger charge is 2.03. The minimum absolute atomic E-state index is 0.00371. The second-order valence-electron chi connectivity index (χ2n) is 5.13. The Labute approximate surface area is 126 Å². The standard InChI is InChI=1S/C18H22N2O/c1-15-8-5-6-12-17(15)20-18(21)14-19-13-7-11-16-9-3-2-4-10-16/h2-6,8-10,12,19H,7,11,13-14H2,1H3,(H,20,21). The molecule has 0 spiro atoms. The zero-order valence-corrected chi connectivity index (χ0v) is 12.4. The summed E-state index contributed by atoms with van der Waals surface area (Å²) < 4.78 is 0. The van der Waals surface area contributed by atoms with Gasteiger partial charge in [0.25, 0.3) is 0 Å². The number of benzene rings is 2. The van der Waals surface area contributed by atoms with Crippen molar-refractivity contribution in [2.45, 2.75) is 19.8 Å². The third-order valence-corrected chi connectivity index (χ3v) is 3.37. The fourth-order valence-corrected chi connectivity index (χ4v) is 2.17. The molecule has 2 rings (SSSR count). The number of hydrogen-bond acceptors (Lipinski definition) is 2. The van der Waals surface area contributed by atoms with Gasteiger partial charge in [0.15, 0.2) is 0 Å². The van der Waals surface area contributed by atoms with Crippen molar-refractivity contribution >= 4 is 11.6 Å². The quantitative estimate of drug-likeness (QED) is 0.766. The van der Waals surface area contributed by atoms with Crippen LogP contribution in [0.15, 0.2) is 54.6 Å². The minimum Gasteiger partial charge on any atom is -0.325 e. The van der Waals surface area contributed by atoms with Gasteiger partial charge >= 0.3 is 0 Å². The fraction of sp³-hybridized carbons (Fsp3) is 0.278. The molecule has 0 radical (unpaired) electrons. The van der Waals surface area contributed by atoms with Crippen LogP contribution in [-0.2, 0) is 11.2 Å². The number of aryl methyl sites for hydroxylation is 2. The Morgan fingerprint density at radius 1 is 1.00 bits per heavy atom. The summed E-state index contributed by atoms with van der Waals surface area (Å²) in [5, 5.41) is 6.10. The number of para-hydroxylation sites is 1. The van der Waals surface area contributed by atoms with Crippen molar-refractivity contribution in [3.63, 3.8) is 0 Å². The highest BCUT2D eigenvalue weighted by atomic mass is 16.1. The second kappa shape index (κ2) is 8.22. The van der Waals surface area contributed by atoms with E-state index >= 15 is 0 Å². The van der Waals surface area contributed by atoms with Crippen LogP contribution in [0.5, 0.6) is 0 Å². The van der Waals surface area contributed by atoms with Gasteiger partial charge in [0.1, 0.15) is 0 Å². The molecule has 0 aliphatic carbocycles. The van der Waals surface area contributed by atoms with E-state index in [0.29, 0.717) is 6.54 Å². The number of carbonyl (C=O) groups excluding carboxylic acids is 1. The lowest BCUT2D eigenvalue weighted by molar-refractivity contribution is -0.115. The number of carbonyl (C=O) groups is 1. The molecule has 2 aromatic rings. The van der Waals surface area contributed by atoms with Gasteiger partial charge in [-0.25, -0.2) is 0 Å². The summed E-state index contributed by atoms with van der Waals surface area (Å²) in [6, 6.07) is 18.2. The Balaban J connectivity index is 1.63. The van der Waals surface area contributed by atoms with Crippen LogP contribution in [0.2, 0.25) is 0 Å². The van der Waals surface area contributed by atoms with Gasteiger partial charge in [0.2, 0.25) is 5.91 Å². The van der Waals surface area contributed by atoms with E-state index in [1.54, 1.807) is 0 Å². The summed E-state index contributed by atoms with van der Waals surface area (Å²) in [4.78, 5) is 11.8. The van der Waals surface area contributed by atoms with Gasteiger partial charge in [-0.2, -0.15) is 0 Å². The zero-order chi connectivity index (χ0) is 14.9. The molecule has 0 saturated heterocycles. The lowest BCUT2D eigenvalue weighted by atomic mass is 10.1. The van der Waals surface area contributed by atoms with Crippen LogP contribution >= 0.6 is 0 Å². The Hall–Kier alpha value is -2.13. The zero-order valence-electron chi connectivity index (χ0n) is 12.4. The predicted molar refractivity (Wildman–Crippen MR) is 87.4 cm³/mol. The summed E-state index contributed by atoms with van der Waals surface area (Å²) >= 11 is 0. The van der Waals surface area contributed by atoms with Crippen molar-refractivity contribution < 1.29 is 4.79 Å². The van der Waals surface area contributed by atoms with E-state index in [9.17, 15) is 4.79 Å². The number of anilines is 1. The smallest absolute Gasteiger partial charge is 0.238 e. The average molecular weight is 282 g/mol. The molecule has 1 amide bonds. The molecule has 0 aromatic heterocycles. The predicted octanol–water partition coefficient (Wildman–Crippen LogP) is 3.16. The first-order valence-corrected chi connectivity index (χ1v) is 7.36. The van der Waals surface area contributed by atoms with Crippen LogP contribution in [0, 0.1) is 6.92 Å². The van der Waals surface area contributed by atoms with Crippen molar-refractivity contribution in [2.75, 3.05) is 18.4 Å². The summed E-state index contributed by atoms with van der Waals surface area (Å²) in [6.07, 6.45) is 2.06. The SMILES string of the molecule is Cc1ccccc1NC(=O)CNCCCc1ccccc1. The van der Waals surface area contributed by atoms with Crippen LogP contribution in [0.4, 0.5) is 5.69 Å². The molecule has 3 nitrogen and oxygen atoms in total. The largest absolute Gasteiger partial charge is 0.325 e. The van der Waals surface area contributed by atoms with Crippen molar-refractivity contribution in [2.24, 2.45) is 0 Å². The van der Waals surface area contributed by atoms with E-state index in [4.69, 9.17) is 0 Å². The van der Waals surface area contributed by atoms with Gasteiger partial charge in [0, 0.05) is 5.69 Å². The molecule has 0 heterocycles. The Bertz CT molecular complexity index is 566. The van der Waals surface area contributed by atoms with Crippen LogP contribution in [0.25, 0.3) is 0 Å². The Kier molecular flexibility index (Phi) is 5.98. The van der Waals surface area contributed by atoms with E-state index < -0.39 is 0 Å². The number of amides is 1. The van der Waals surface area contributed by atoms with Gasteiger partial charge in [-0.1, -0.05) is 48.5 Å². The van der Waals surface area contributed by atoms with Crippen molar-refractivity contribution in [1.82, 2.24) is 5.32 Å². The summed E-state index contributed by atoms with van der Waals surface area (Å²) in [5.41, 5.74) is 3.30. The molecule has 0 bridgehead atoms. The highest BCUT2D eigenvalue weighted by Crippen LogP contribution is 2.12. The third-order valence-electron chi connectivity index (χ3n) is 3.37. The van der Waals surface area contributed by atoms with Crippen LogP contribution in [0.3, 0.4) is 0 Å². The first-order valence-electron chi connectivity index (χ1n) is 7.36. The fourth-order valence-electron chi connectivity index (χ4n) is 2.17. The number of hydrogen-bond donors (Lipinski definition) is 2. The highest BCUT2D eigenvalue weighted by molar-refractivity contribution is 5.92. The molecule has 0 atom stereocenters. The van der Waals surface area contributed by atoms with E-state index in [0.717, 1.165) is 30.6 Å². The Morgan fingerprint density at radius 2 is 1.71 bits per heavy atom. The maximum atomic E-state index is 11.8. The van der Waals surface area contributed by atoms with E-state index in [1.807, 2.05) is 37.3 Å². The molecular formula is C18H22N2O. The van der Waals surface area contributed by atoms with Crippen LogP contribution in [-0.4, -0.2) is 19.0 Å². The molecule has 2 N–H and O–H groups in total. The molecule has 21 heavy (non-hydrogen) atoms. The van der Waals surface area contributed by atoms with E-state index in [1.165, 1.54) is 5.56 Å². The number of rotatable bonds is 7. The lowest BCUT2D eigenvalue weighted by Crippen LogP contribution is -2.29. The van der Waals surface area contributed by atoms with Gasteiger partial charge in [-0.15, -0.1) is 0 Å². The summed E-state index contributed by atoms with van der Waals surface area (Å²) in [6.45, 7) is 3.18. The average Bonchev–Trinajstić information content (AvgIpc) is 2.50. The van der Waals surface area contributed by atoms with Crippen LogP contribution in [0.1, 0.15) is 17.5 Å². The minimum atomic E-state index is 0.00371. The summed E-state index contributed by atoms with van der Waals surface area (Å²) in [5.74, 6) is 0.00371. The second-order valence-corrected chi connectivity index (χ2v) is 5.13. The van der Waals surface area contributed by atoms with E-state index in [-0.39, 0.29) is 5.91 Å². The molecule has 0 unspecified atom stereocenters. The molecule has 0 aliphatic rings. The van der Waals surface area contributed by atoms with Gasteiger partial charge in [-0.3, -0.25) is 4.79 Å². The van der Waals surface area contributed by atoms with E-state index in [2.05, 4.69) is 34.9 Å². The third kappa shape index (κ3) is 5.40. The van der Waals surface area contributed by atoms with Crippen LogP contribution < -0.4 is 10.6 Å². The first-order chi connectivity index (χ1) is 10.3. The molecule has 0 fully saturated rings. The van der Waals surface area contributed by atoms with Gasteiger partial charge in [-0.05, 0) is 43.5 Å². The Morgan fingerprint density at radius 3 is 2.48 bits per heavy atom. The molecule has 0 saturated carbocycles. The first kappa shape index (κ1) is 15.3. The maximum Gasteiger partial charge on any atom is 0.238 e. The molecule has 0 aliphatic heterocycles. The van der Waals surface area contributed by atoms with Gasteiger partial charge in [0.05, 0.1) is 6.54 Å². The maximum absolute atomic E-state index is 11.8. The monoisotopic (exact) mass is 282 g/mol. The van der Waals surface area contributed by atoms with Gasteiger partial charge < -0.3 is 10.6 Å². The summed E-state index contributed by atoms with van der Waals surface area (Å²) in [7, 11) is 0.